The Balaban J connectivity index is 1.26. The van der Waals surface area contributed by atoms with Crippen molar-refractivity contribution < 1.29 is 8.83 Å². The lowest BCUT2D eigenvalue weighted by molar-refractivity contribution is 0.466. The molecule has 4 aromatic rings. The number of aryl methyl sites for hydroxylation is 1. The van der Waals surface area contributed by atoms with Crippen molar-refractivity contribution in [2.45, 2.75) is 37.2 Å². The summed E-state index contributed by atoms with van der Waals surface area (Å²) < 4.78 is 11.4. The fraction of sp³-hybridized carbons (Fsp3) is 0.316. The molecule has 0 bridgehead atoms. The molecule has 0 radical (unpaired) electrons. The molecule has 0 saturated heterocycles. The van der Waals surface area contributed by atoms with Gasteiger partial charge in [0.05, 0.1) is 15.4 Å². The Labute approximate surface area is 168 Å². The Bertz CT molecular complexity index is 1050. The molecular formula is C19H17N3O2S3. The molecule has 1 aliphatic carbocycles. The van der Waals surface area contributed by atoms with E-state index in [1.54, 1.807) is 28.9 Å². The number of rotatable bonds is 5. The number of hydrogen-bond acceptors (Lipinski definition) is 8. The third-order valence-corrected chi connectivity index (χ3v) is 7.51. The monoisotopic (exact) mass is 415 g/mol. The number of oxazole rings is 1. The molecule has 4 aromatic heterocycles. The van der Waals surface area contributed by atoms with Gasteiger partial charge in [0.2, 0.25) is 5.89 Å². The Morgan fingerprint density at radius 1 is 1.26 bits per heavy atom. The predicted molar refractivity (Wildman–Crippen MR) is 108 cm³/mol. The highest BCUT2D eigenvalue weighted by atomic mass is 32.2. The molecule has 1 unspecified atom stereocenters. The molecule has 5 nitrogen and oxygen atoms in total. The third-order valence-electron chi connectivity index (χ3n) is 4.57. The Kier molecular flexibility index (Phi) is 4.63. The summed E-state index contributed by atoms with van der Waals surface area (Å²) in [5, 5.41) is 11.0. The second-order valence-electron chi connectivity index (χ2n) is 6.69. The van der Waals surface area contributed by atoms with Crippen LogP contribution in [0.3, 0.4) is 0 Å². The Hall–Kier alpha value is -1.90. The second kappa shape index (κ2) is 7.26. The molecule has 138 valence electrons. The lowest BCUT2D eigenvalue weighted by atomic mass is 9.90. The minimum absolute atomic E-state index is 0.561. The number of thiophene rings is 2. The van der Waals surface area contributed by atoms with Crippen LogP contribution in [0.15, 0.2) is 43.9 Å². The van der Waals surface area contributed by atoms with Crippen LogP contribution in [0.5, 0.6) is 0 Å². The van der Waals surface area contributed by atoms with Crippen LogP contribution in [-0.2, 0) is 18.6 Å². The number of fused-ring (bicyclic) bond motifs is 1. The van der Waals surface area contributed by atoms with Gasteiger partial charge in [0.25, 0.3) is 11.1 Å². The minimum Gasteiger partial charge on any atom is -0.444 e. The van der Waals surface area contributed by atoms with Crippen molar-refractivity contribution in [1.82, 2.24) is 15.2 Å². The van der Waals surface area contributed by atoms with Crippen LogP contribution in [0, 0.1) is 5.92 Å². The molecule has 1 atom stereocenters. The Morgan fingerprint density at radius 3 is 3.11 bits per heavy atom. The first-order valence-corrected chi connectivity index (χ1v) is 11.5. The molecule has 0 aliphatic heterocycles. The van der Waals surface area contributed by atoms with Crippen LogP contribution >= 0.6 is 34.4 Å². The maximum Gasteiger partial charge on any atom is 0.277 e. The summed E-state index contributed by atoms with van der Waals surface area (Å²) >= 11 is 4.88. The summed E-state index contributed by atoms with van der Waals surface area (Å²) in [5.74, 6) is 2.67. The van der Waals surface area contributed by atoms with Gasteiger partial charge in [-0.25, -0.2) is 4.98 Å². The van der Waals surface area contributed by atoms with Crippen molar-refractivity contribution in [2.75, 3.05) is 0 Å². The standard InChI is InChI=1S/C19H17N3O2S3/c1-11-4-5-14-12(7-11)8-16(27-14)18-21-22-19(24-18)26-10-13-9-23-17(20-13)15-3-2-6-25-15/h2-3,6,8-9,11H,4-5,7,10H2,1H3. The summed E-state index contributed by atoms with van der Waals surface area (Å²) in [7, 11) is 0. The van der Waals surface area contributed by atoms with Crippen molar-refractivity contribution in [3.63, 3.8) is 0 Å². The van der Waals surface area contributed by atoms with Gasteiger partial charge < -0.3 is 8.83 Å². The molecule has 0 saturated carbocycles. The van der Waals surface area contributed by atoms with Crippen LogP contribution in [0.1, 0.15) is 29.5 Å². The van der Waals surface area contributed by atoms with E-state index in [1.165, 1.54) is 28.6 Å². The molecule has 8 heteroatoms. The van der Waals surface area contributed by atoms with Crippen LogP contribution in [0.4, 0.5) is 0 Å². The molecule has 0 amide bonds. The molecule has 27 heavy (non-hydrogen) atoms. The summed E-state index contributed by atoms with van der Waals surface area (Å²) in [6, 6.07) is 6.21. The fourth-order valence-electron chi connectivity index (χ4n) is 3.20. The van der Waals surface area contributed by atoms with Gasteiger partial charge in [0.15, 0.2) is 0 Å². The number of thioether (sulfide) groups is 1. The van der Waals surface area contributed by atoms with E-state index in [1.807, 2.05) is 17.5 Å². The predicted octanol–water partition coefficient (Wildman–Crippen LogP) is 5.93. The molecule has 0 spiro atoms. The van der Waals surface area contributed by atoms with Gasteiger partial charge in [-0.1, -0.05) is 24.8 Å². The topological polar surface area (TPSA) is 65.0 Å². The van der Waals surface area contributed by atoms with E-state index >= 15 is 0 Å². The number of hydrogen-bond donors (Lipinski definition) is 0. The van der Waals surface area contributed by atoms with Gasteiger partial charge in [-0.2, -0.15) is 0 Å². The summed E-state index contributed by atoms with van der Waals surface area (Å²) in [6.45, 7) is 2.31. The van der Waals surface area contributed by atoms with Gasteiger partial charge in [0.1, 0.15) is 6.26 Å². The molecule has 0 fully saturated rings. The average molecular weight is 416 g/mol. The third kappa shape index (κ3) is 3.61. The lowest BCUT2D eigenvalue weighted by Gasteiger charge is -2.16. The quantitative estimate of drug-likeness (QED) is 0.376. The molecule has 0 aromatic carbocycles. The van der Waals surface area contributed by atoms with E-state index < -0.39 is 0 Å². The normalized spacial score (nSPS) is 16.6. The van der Waals surface area contributed by atoms with Crippen LogP contribution in [0.2, 0.25) is 0 Å². The molecule has 4 heterocycles. The van der Waals surface area contributed by atoms with Crippen molar-refractivity contribution in [1.29, 1.82) is 0 Å². The SMILES string of the molecule is CC1CCc2sc(-c3nnc(SCc4coc(-c5cccs5)n4)o3)cc2C1. The number of nitrogens with zero attached hydrogens (tertiary/aromatic N) is 3. The fourth-order valence-corrected chi connectivity index (χ4v) is 5.63. The molecular weight excluding hydrogens is 398 g/mol. The highest BCUT2D eigenvalue weighted by Crippen LogP contribution is 2.37. The van der Waals surface area contributed by atoms with E-state index in [4.69, 9.17) is 8.83 Å². The highest BCUT2D eigenvalue weighted by molar-refractivity contribution is 7.98. The smallest absolute Gasteiger partial charge is 0.277 e. The summed E-state index contributed by atoms with van der Waals surface area (Å²) in [5.41, 5.74) is 2.31. The van der Waals surface area contributed by atoms with E-state index in [2.05, 4.69) is 28.2 Å². The van der Waals surface area contributed by atoms with Gasteiger partial charge in [-0.05, 0) is 48.3 Å². The van der Waals surface area contributed by atoms with Crippen molar-refractivity contribution in [2.24, 2.45) is 5.92 Å². The maximum atomic E-state index is 5.87. The van der Waals surface area contributed by atoms with Crippen LogP contribution < -0.4 is 0 Å². The number of aromatic nitrogens is 3. The molecule has 0 N–H and O–H groups in total. The highest BCUT2D eigenvalue weighted by Gasteiger charge is 2.21. The van der Waals surface area contributed by atoms with Crippen molar-refractivity contribution in [3.8, 4) is 21.5 Å². The first-order chi connectivity index (χ1) is 13.2. The lowest BCUT2D eigenvalue weighted by Crippen LogP contribution is -2.07. The van der Waals surface area contributed by atoms with Gasteiger partial charge in [-0.15, -0.1) is 32.9 Å². The van der Waals surface area contributed by atoms with E-state index in [0.29, 0.717) is 22.8 Å². The maximum absolute atomic E-state index is 5.87. The van der Waals surface area contributed by atoms with Gasteiger partial charge >= 0.3 is 0 Å². The summed E-state index contributed by atoms with van der Waals surface area (Å²) in [4.78, 5) is 8.10. The second-order valence-corrected chi connectivity index (χ2v) is 9.70. The van der Waals surface area contributed by atoms with E-state index in [0.717, 1.165) is 34.2 Å². The van der Waals surface area contributed by atoms with Crippen LogP contribution in [-0.4, -0.2) is 15.2 Å². The zero-order valence-electron chi connectivity index (χ0n) is 14.7. The molecule has 5 rings (SSSR count). The first-order valence-electron chi connectivity index (χ1n) is 8.81. The zero-order valence-corrected chi connectivity index (χ0v) is 17.1. The van der Waals surface area contributed by atoms with E-state index in [-0.39, 0.29) is 0 Å². The average Bonchev–Trinajstić information content (AvgIpc) is 3.45. The zero-order chi connectivity index (χ0) is 18.2. The molecule has 1 aliphatic rings. The summed E-state index contributed by atoms with van der Waals surface area (Å²) in [6.07, 6.45) is 5.27. The van der Waals surface area contributed by atoms with Gasteiger partial charge in [-0.3, -0.25) is 0 Å². The minimum atomic E-state index is 0.561. The van der Waals surface area contributed by atoms with Crippen molar-refractivity contribution >= 4 is 34.4 Å². The largest absolute Gasteiger partial charge is 0.444 e. The van der Waals surface area contributed by atoms with Crippen molar-refractivity contribution in [3.05, 3.63) is 46.0 Å². The Morgan fingerprint density at radius 2 is 2.22 bits per heavy atom. The van der Waals surface area contributed by atoms with Gasteiger partial charge in [0, 0.05) is 10.6 Å². The van der Waals surface area contributed by atoms with Crippen LogP contribution in [0.25, 0.3) is 21.5 Å². The van der Waals surface area contributed by atoms with E-state index in [9.17, 15) is 0 Å². The first kappa shape index (κ1) is 17.2.